The largest absolute Gasteiger partial charge is 0.303 e. The lowest BCUT2D eigenvalue weighted by Gasteiger charge is -2.42. The molecule has 1 nitrogen and oxygen atoms in total. The van der Waals surface area contributed by atoms with Crippen LogP contribution in [0, 0.1) is 12.3 Å². The van der Waals surface area contributed by atoms with Gasteiger partial charge >= 0.3 is 0 Å². The summed E-state index contributed by atoms with van der Waals surface area (Å²) in [5, 5.41) is 0. The first-order valence-corrected chi connectivity index (χ1v) is 15.3. The Morgan fingerprint density at radius 1 is 0.581 bits per heavy atom. The van der Waals surface area contributed by atoms with Crippen molar-refractivity contribution in [1.82, 2.24) is 0 Å². The normalized spacial score (nSPS) is 12.7. The highest BCUT2D eigenvalue weighted by atomic mass is 127. The minimum atomic E-state index is 0.690. The second kappa shape index (κ2) is 23.4. The average Bonchev–Trinajstić information content (AvgIpc) is 2.77. The van der Waals surface area contributed by atoms with Crippen molar-refractivity contribution in [2.45, 2.75) is 153 Å². The highest BCUT2D eigenvalue weighted by Crippen LogP contribution is 2.28. The molecule has 0 spiro atoms. The van der Waals surface area contributed by atoms with Gasteiger partial charge in [0.2, 0.25) is 0 Å². The molecule has 184 valence electrons. The van der Waals surface area contributed by atoms with Crippen LogP contribution in [0.5, 0.6) is 0 Å². The van der Waals surface area contributed by atoms with Crippen molar-refractivity contribution >= 4 is 22.6 Å². The number of quaternary nitrogens is 1. The van der Waals surface area contributed by atoms with E-state index in [-0.39, 0.29) is 0 Å². The highest BCUT2D eigenvalue weighted by molar-refractivity contribution is 14.1. The third-order valence-electron chi connectivity index (χ3n) is 6.96. The number of nitrogens with zero attached hydrogens (tertiary/aromatic N) is 1. The minimum Gasteiger partial charge on any atom is -0.303 e. The first kappa shape index (κ1) is 31.2. The quantitative estimate of drug-likeness (QED) is 0.0282. The standard InChI is InChI=1S/C29H57IN/c1-5-9-12-15-16-17-18-19-22-25-29(30)31(26-8-4,27-23-20-13-10-6-2)28-24-21-14-11-7-3/h4,29H,5-7,9-28H2,1-3H3/q+1. The van der Waals surface area contributed by atoms with Gasteiger partial charge in [0.25, 0.3) is 0 Å². The Morgan fingerprint density at radius 3 is 1.32 bits per heavy atom. The molecule has 0 radical (unpaired) electrons. The van der Waals surface area contributed by atoms with Crippen LogP contribution in [0.4, 0.5) is 0 Å². The Bertz CT molecular complexity index is 386. The predicted octanol–water partition coefficient (Wildman–Crippen LogP) is 10.1. The van der Waals surface area contributed by atoms with E-state index >= 15 is 0 Å². The van der Waals surface area contributed by atoms with Crippen LogP contribution in [0.1, 0.15) is 149 Å². The highest BCUT2D eigenvalue weighted by Gasteiger charge is 2.33. The third-order valence-corrected chi connectivity index (χ3v) is 8.76. The van der Waals surface area contributed by atoms with Gasteiger partial charge in [-0.15, -0.1) is 6.42 Å². The van der Waals surface area contributed by atoms with Crippen LogP contribution >= 0.6 is 22.6 Å². The zero-order chi connectivity index (χ0) is 23.0. The van der Waals surface area contributed by atoms with Crippen molar-refractivity contribution < 1.29 is 4.48 Å². The zero-order valence-electron chi connectivity index (χ0n) is 21.7. The van der Waals surface area contributed by atoms with E-state index in [2.05, 4.69) is 49.3 Å². The van der Waals surface area contributed by atoms with E-state index in [1.807, 2.05) is 0 Å². The van der Waals surface area contributed by atoms with E-state index in [1.165, 1.54) is 146 Å². The fraction of sp³-hybridized carbons (Fsp3) is 0.931. The Morgan fingerprint density at radius 2 is 0.935 bits per heavy atom. The van der Waals surface area contributed by atoms with E-state index in [0.29, 0.717) is 4.05 Å². The lowest BCUT2D eigenvalue weighted by molar-refractivity contribution is -0.928. The molecule has 31 heavy (non-hydrogen) atoms. The molecule has 0 aliphatic carbocycles. The van der Waals surface area contributed by atoms with Gasteiger partial charge in [-0.3, -0.25) is 0 Å². The molecular formula is C29H57IN+. The van der Waals surface area contributed by atoms with Gasteiger partial charge in [-0.2, -0.15) is 0 Å². The molecule has 0 N–H and O–H groups in total. The Hall–Kier alpha value is 0.250. The fourth-order valence-electron chi connectivity index (χ4n) is 4.79. The van der Waals surface area contributed by atoms with Gasteiger partial charge in [0.05, 0.1) is 13.1 Å². The number of rotatable bonds is 24. The van der Waals surface area contributed by atoms with Gasteiger partial charge in [0, 0.05) is 6.42 Å². The summed E-state index contributed by atoms with van der Waals surface area (Å²) in [5.74, 6) is 3.10. The van der Waals surface area contributed by atoms with Crippen LogP contribution in [-0.4, -0.2) is 28.2 Å². The topological polar surface area (TPSA) is 0 Å². The van der Waals surface area contributed by atoms with E-state index < -0.39 is 0 Å². The lowest BCUT2D eigenvalue weighted by atomic mass is 10.1. The fourth-order valence-corrected chi connectivity index (χ4v) is 5.98. The summed E-state index contributed by atoms with van der Waals surface area (Å²) in [6.45, 7) is 10.4. The molecule has 0 fully saturated rings. The monoisotopic (exact) mass is 546 g/mol. The second-order valence-electron chi connectivity index (χ2n) is 9.91. The van der Waals surface area contributed by atoms with Crippen LogP contribution in [0.2, 0.25) is 0 Å². The van der Waals surface area contributed by atoms with E-state index in [4.69, 9.17) is 6.42 Å². The van der Waals surface area contributed by atoms with E-state index in [9.17, 15) is 0 Å². The van der Waals surface area contributed by atoms with Crippen LogP contribution in [0.3, 0.4) is 0 Å². The maximum absolute atomic E-state index is 5.93. The van der Waals surface area contributed by atoms with Crippen molar-refractivity contribution in [2.75, 3.05) is 19.6 Å². The van der Waals surface area contributed by atoms with Crippen LogP contribution in [0.25, 0.3) is 0 Å². The Balaban J connectivity index is 4.50. The van der Waals surface area contributed by atoms with E-state index in [1.54, 1.807) is 0 Å². The molecule has 0 saturated heterocycles. The molecule has 1 atom stereocenters. The van der Waals surface area contributed by atoms with Crippen molar-refractivity contribution in [3.8, 4) is 12.3 Å². The van der Waals surface area contributed by atoms with Gasteiger partial charge in [-0.1, -0.05) is 111 Å². The molecule has 0 heterocycles. The predicted molar refractivity (Wildman–Crippen MR) is 151 cm³/mol. The number of hydrogen-bond acceptors (Lipinski definition) is 0. The van der Waals surface area contributed by atoms with Crippen molar-refractivity contribution in [1.29, 1.82) is 0 Å². The molecule has 2 heteroatoms. The molecule has 0 bridgehead atoms. The number of terminal acetylenes is 1. The summed E-state index contributed by atoms with van der Waals surface area (Å²) in [6, 6.07) is 0. The molecule has 0 aromatic heterocycles. The van der Waals surface area contributed by atoms with Gasteiger partial charge in [-0.05, 0) is 60.6 Å². The molecule has 0 amide bonds. The number of hydrogen-bond donors (Lipinski definition) is 0. The summed E-state index contributed by atoms with van der Waals surface area (Å²) in [7, 11) is 0. The van der Waals surface area contributed by atoms with Crippen LogP contribution in [0.15, 0.2) is 0 Å². The van der Waals surface area contributed by atoms with Gasteiger partial charge in [0.1, 0.15) is 10.6 Å². The first-order valence-electron chi connectivity index (χ1n) is 14.1. The molecule has 0 aliphatic rings. The van der Waals surface area contributed by atoms with Crippen molar-refractivity contribution in [3.05, 3.63) is 0 Å². The molecule has 0 rings (SSSR count). The SMILES string of the molecule is C#CC[N+](CCCCCCC)(CCCCCCC)C(I)CCCCCCCCCCC. The Kier molecular flexibility index (Phi) is 23.6. The van der Waals surface area contributed by atoms with Crippen LogP contribution in [-0.2, 0) is 0 Å². The number of unbranched alkanes of at least 4 members (excludes halogenated alkanes) is 16. The average molecular weight is 547 g/mol. The molecule has 0 saturated carbocycles. The van der Waals surface area contributed by atoms with Gasteiger partial charge < -0.3 is 4.48 Å². The lowest BCUT2D eigenvalue weighted by Crippen LogP contribution is -2.54. The maximum atomic E-state index is 5.93. The summed E-state index contributed by atoms with van der Waals surface area (Å²) >= 11 is 2.78. The molecule has 0 aromatic carbocycles. The van der Waals surface area contributed by atoms with E-state index in [0.717, 1.165) is 6.54 Å². The molecule has 0 aliphatic heterocycles. The maximum Gasteiger partial charge on any atom is 0.141 e. The summed E-state index contributed by atoms with van der Waals surface area (Å²) in [4.78, 5) is 0. The number of alkyl halides is 1. The summed E-state index contributed by atoms with van der Waals surface area (Å²) in [6.07, 6.45) is 33.8. The zero-order valence-corrected chi connectivity index (χ0v) is 23.9. The Labute approximate surface area is 211 Å². The van der Waals surface area contributed by atoms with Gasteiger partial charge in [-0.25, -0.2) is 0 Å². The number of halogens is 1. The minimum absolute atomic E-state index is 0.690. The van der Waals surface area contributed by atoms with Crippen molar-refractivity contribution in [3.63, 3.8) is 0 Å². The summed E-state index contributed by atoms with van der Waals surface area (Å²) in [5.41, 5.74) is 0. The molecular weight excluding hydrogens is 489 g/mol. The smallest absolute Gasteiger partial charge is 0.141 e. The van der Waals surface area contributed by atoms with Crippen molar-refractivity contribution in [2.24, 2.45) is 0 Å². The second-order valence-corrected chi connectivity index (χ2v) is 11.3. The third kappa shape index (κ3) is 17.4. The first-order chi connectivity index (χ1) is 15.2. The van der Waals surface area contributed by atoms with Gasteiger partial charge in [0.15, 0.2) is 0 Å². The molecule has 0 aromatic rings. The van der Waals surface area contributed by atoms with Crippen LogP contribution < -0.4 is 0 Å². The summed E-state index contributed by atoms with van der Waals surface area (Å²) < 4.78 is 1.88. The molecule has 1 unspecified atom stereocenters.